The van der Waals surface area contributed by atoms with Crippen molar-refractivity contribution in [1.82, 2.24) is 0 Å². The molecule has 1 aliphatic rings. The minimum absolute atomic E-state index is 0.595. The minimum Gasteiger partial charge on any atom is -0.383 e. The second kappa shape index (κ2) is 3.20. The number of methoxy groups -OCH3 is 1. The van der Waals surface area contributed by atoms with Crippen LogP contribution < -0.4 is 0 Å². The van der Waals surface area contributed by atoms with Gasteiger partial charge in [-0.15, -0.1) is 0 Å². The van der Waals surface area contributed by atoms with Crippen molar-refractivity contribution in [2.45, 2.75) is 11.9 Å². The van der Waals surface area contributed by atoms with Gasteiger partial charge in [-0.1, -0.05) is 30.3 Å². The number of aliphatic hydroxyl groups excluding tert-OH is 1. The Hall–Kier alpha value is -1.16. The standard InChI is InChI=1S/C11H12O3/c1-14-11(13)9-5-3-2-4-8(9)6-7-10(11)12/h2-7,10,12-13H,1H3. The van der Waals surface area contributed by atoms with Crippen LogP contribution in [-0.2, 0) is 10.5 Å². The smallest absolute Gasteiger partial charge is 0.223 e. The average molecular weight is 192 g/mol. The van der Waals surface area contributed by atoms with E-state index >= 15 is 0 Å². The Kier molecular flexibility index (Phi) is 2.15. The summed E-state index contributed by atoms with van der Waals surface area (Å²) in [6.45, 7) is 0. The van der Waals surface area contributed by atoms with Gasteiger partial charge < -0.3 is 14.9 Å². The fourth-order valence-electron chi connectivity index (χ4n) is 1.68. The van der Waals surface area contributed by atoms with Gasteiger partial charge in [0.1, 0.15) is 6.10 Å². The molecule has 2 atom stereocenters. The van der Waals surface area contributed by atoms with E-state index in [9.17, 15) is 10.2 Å². The van der Waals surface area contributed by atoms with Crippen LogP contribution >= 0.6 is 0 Å². The molecule has 3 nitrogen and oxygen atoms in total. The number of aliphatic hydroxyl groups is 2. The molecule has 0 radical (unpaired) electrons. The highest BCUT2D eigenvalue weighted by atomic mass is 16.6. The van der Waals surface area contributed by atoms with Crippen molar-refractivity contribution in [1.29, 1.82) is 0 Å². The Bertz CT molecular complexity index is 373. The summed E-state index contributed by atoms with van der Waals surface area (Å²) in [5.41, 5.74) is 1.46. The molecule has 1 aliphatic carbocycles. The summed E-state index contributed by atoms with van der Waals surface area (Å²) in [5.74, 6) is -1.62. The van der Waals surface area contributed by atoms with Crippen molar-refractivity contribution in [3.05, 3.63) is 41.5 Å². The van der Waals surface area contributed by atoms with Gasteiger partial charge in [0.15, 0.2) is 0 Å². The van der Waals surface area contributed by atoms with Gasteiger partial charge >= 0.3 is 0 Å². The van der Waals surface area contributed by atoms with Crippen LogP contribution in [0.25, 0.3) is 6.08 Å². The molecule has 0 spiro atoms. The predicted molar refractivity (Wildman–Crippen MR) is 52.4 cm³/mol. The molecule has 2 N–H and O–H groups in total. The molecular weight excluding hydrogens is 180 g/mol. The number of benzene rings is 1. The van der Waals surface area contributed by atoms with Crippen molar-refractivity contribution in [2.24, 2.45) is 0 Å². The van der Waals surface area contributed by atoms with Crippen LogP contribution in [0.1, 0.15) is 11.1 Å². The molecule has 1 aromatic rings. The summed E-state index contributed by atoms with van der Waals surface area (Å²) in [5, 5.41) is 19.7. The minimum atomic E-state index is -1.62. The fraction of sp³-hybridized carbons (Fsp3) is 0.273. The maximum Gasteiger partial charge on any atom is 0.223 e. The van der Waals surface area contributed by atoms with Crippen molar-refractivity contribution < 1.29 is 14.9 Å². The molecule has 2 unspecified atom stereocenters. The van der Waals surface area contributed by atoms with E-state index in [2.05, 4.69) is 0 Å². The summed E-state index contributed by atoms with van der Waals surface area (Å²) < 4.78 is 4.97. The van der Waals surface area contributed by atoms with E-state index in [1.807, 2.05) is 12.1 Å². The zero-order chi connectivity index (χ0) is 10.2. The SMILES string of the molecule is COC1(O)c2ccccc2C=CC1O. The molecule has 0 saturated carbocycles. The lowest BCUT2D eigenvalue weighted by Gasteiger charge is -2.33. The molecule has 0 fully saturated rings. The molecule has 0 saturated heterocycles. The maximum atomic E-state index is 10.1. The van der Waals surface area contributed by atoms with Gasteiger partial charge in [-0.25, -0.2) is 0 Å². The fourth-order valence-corrected chi connectivity index (χ4v) is 1.68. The van der Waals surface area contributed by atoms with E-state index < -0.39 is 11.9 Å². The number of rotatable bonds is 1. The molecule has 0 heterocycles. The van der Waals surface area contributed by atoms with Gasteiger partial charge in [0, 0.05) is 12.7 Å². The monoisotopic (exact) mass is 192 g/mol. The van der Waals surface area contributed by atoms with Crippen LogP contribution in [0.2, 0.25) is 0 Å². The molecule has 3 heteroatoms. The third-order valence-corrected chi connectivity index (χ3v) is 2.52. The molecule has 1 aromatic carbocycles. The first-order chi connectivity index (χ1) is 6.68. The van der Waals surface area contributed by atoms with Gasteiger partial charge in [0.05, 0.1) is 0 Å². The van der Waals surface area contributed by atoms with Gasteiger partial charge in [-0.2, -0.15) is 0 Å². The van der Waals surface area contributed by atoms with Crippen molar-refractivity contribution >= 4 is 6.08 Å². The highest BCUT2D eigenvalue weighted by molar-refractivity contribution is 5.59. The van der Waals surface area contributed by atoms with Crippen molar-refractivity contribution in [2.75, 3.05) is 7.11 Å². The molecule has 74 valence electrons. The summed E-state index contributed by atoms with van der Waals surface area (Å²) in [6, 6.07) is 7.28. The van der Waals surface area contributed by atoms with Gasteiger partial charge in [-0.05, 0) is 11.6 Å². The maximum absolute atomic E-state index is 10.1. The summed E-state index contributed by atoms with van der Waals surface area (Å²) >= 11 is 0. The van der Waals surface area contributed by atoms with Crippen molar-refractivity contribution in [3.8, 4) is 0 Å². The summed E-state index contributed by atoms with van der Waals surface area (Å²) in [6.07, 6.45) is 2.27. The average Bonchev–Trinajstić information content (AvgIpc) is 2.24. The number of hydrogen-bond acceptors (Lipinski definition) is 3. The van der Waals surface area contributed by atoms with Crippen molar-refractivity contribution in [3.63, 3.8) is 0 Å². The van der Waals surface area contributed by atoms with E-state index in [0.29, 0.717) is 5.56 Å². The topological polar surface area (TPSA) is 49.7 Å². The molecule has 14 heavy (non-hydrogen) atoms. The second-order valence-corrected chi connectivity index (χ2v) is 3.29. The van der Waals surface area contributed by atoms with Crippen LogP contribution in [0.3, 0.4) is 0 Å². The van der Waals surface area contributed by atoms with Crippen LogP contribution in [-0.4, -0.2) is 23.4 Å². The molecule has 0 aliphatic heterocycles. The van der Waals surface area contributed by atoms with Crippen LogP contribution in [0.5, 0.6) is 0 Å². The predicted octanol–water partition coefficient (Wildman–Crippen LogP) is 0.866. The molecular formula is C11H12O3. The van der Waals surface area contributed by atoms with Crippen LogP contribution in [0.15, 0.2) is 30.3 Å². The van der Waals surface area contributed by atoms with Crippen LogP contribution in [0, 0.1) is 0 Å². The Morgan fingerprint density at radius 2 is 2.07 bits per heavy atom. The van der Waals surface area contributed by atoms with E-state index in [0.717, 1.165) is 5.56 Å². The molecule has 0 bridgehead atoms. The van der Waals surface area contributed by atoms with E-state index in [1.54, 1.807) is 18.2 Å². The molecule has 0 aromatic heterocycles. The Balaban J connectivity index is 2.59. The van der Waals surface area contributed by atoms with Crippen LogP contribution in [0.4, 0.5) is 0 Å². The normalized spacial score (nSPS) is 30.1. The summed E-state index contributed by atoms with van der Waals surface area (Å²) in [4.78, 5) is 0. The Labute approximate surface area is 82.3 Å². The zero-order valence-corrected chi connectivity index (χ0v) is 7.84. The third kappa shape index (κ3) is 1.18. The first-order valence-corrected chi connectivity index (χ1v) is 4.42. The first-order valence-electron chi connectivity index (χ1n) is 4.42. The van der Waals surface area contributed by atoms with Gasteiger partial charge in [0.25, 0.3) is 0 Å². The second-order valence-electron chi connectivity index (χ2n) is 3.29. The van der Waals surface area contributed by atoms with Gasteiger partial charge in [0.2, 0.25) is 5.79 Å². The highest BCUT2D eigenvalue weighted by Crippen LogP contribution is 2.33. The van der Waals surface area contributed by atoms with E-state index in [4.69, 9.17) is 4.74 Å². The largest absolute Gasteiger partial charge is 0.383 e. The number of hydrogen-bond donors (Lipinski definition) is 2. The molecule has 2 rings (SSSR count). The van der Waals surface area contributed by atoms with E-state index in [-0.39, 0.29) is 0 Å². The lowest BCUT2D eigenvalue weighted by molar-refractivity contribution is -0.240. The summed E-state index contributed by atoms with van der Waals surface area (Å²) in [7, 11) is 1.37. The molecule has 0 amide bonds. The lowest BCUT2D eigenvalue weighted by Crippen LogP contribution is -2.42. The number of ether oxygens (including phenoxy) is 1. The zero-order valence-electron chi connectivity index (χ0n) is 7.84. The lowest BCUT2D eigenvalue weighted by atomic mass is 9.90. The highest BCUT2D eigenvalue weighted by Gasteiger charge is 2.39. The first kappa shape index (κ1) is 9.40. The third-order valence-electron chi connectivity index (χ3n) is 2.52. The number of fused-ring (bicyclic) bond motifs is 1. The van der Waals surface area contributed by atoms with Gasteiger partial charge in [-0.3, -0.25) is 0 Å². The van der Waals surface area contributed by atoms with E-state index in [1.165, 1.54) is 13.2 Å². The quantitative estimate of drug-likeness (QED) is 0.649. The Morgan fingerprint density at radius 3 is 2.79 bits per heavy atom. The Morgan fingerprint density at radius 1 is 1.36 bits per heavy atom.